The summed E-state index contributed by atoms with van der Waals surface area (Å²) >= 11 is 0. The minimum Gasteiger partial charge on any atom is -0.465 e. The Balaban J connectivity index is 2.16. The molecule has 0 amide bonds. The predicted molar refractivity (Wildman–Crippen MR) is 85.2 cm³/mol. The van der Waals surface area contributed by atoms with Crippen LogP contribution in [-0.2, 0) is 9.53 Å². The van der Waals surface area contributed by atoms with Crippen LogP contribution in [-0.4, -0.2) is 24.2 Å². The number of carbonyl (C=O) groups is 1. The number of esters is 1. The number of carbonyl (C=O) groups excluding carboxylic acids is 1. The molecule has 2 aromatic rings. The van der Waals surface area contributed by atoms with E-state index in [1.165, 1.54) is 0 Å². The first-order chi connectivity index (χ1) is 10.7. The lowest BCUT2D eigenvalue weighted by atomic mass is 9.96. The maximum Gasteiger partial charge on any atom is 0.319 e. The highest BCUT2D eigenvalue weighted by Gasteiger charge is 2.23. The summed E-state index contributed by atoms with van der Waals surface area (Å²) in [4.78, 5) is 11.6. The van der Waals surface area contributed by atoms with Crippen molar-refractivity contribution in [2.45, 2.75) is 19.1 Å². The zero-order valence-electron chi connectivity index (χ0n) is 12.6. The van der Waals surface area contributed by atoms with Crippen LogP contribution in [0.1, 0.15) is 30.2 Å². The fourth-order valence-corrected chi connectivity index (χ4v) is 2.32. The molecule has 2 rings (SSSR count). The van der Waals surface area contributed by atoms with E-state index >= 15 is 0 Å². The average molecular weight is 299 g/mol. The van der Waals surface area contributed by atoms with Crippen molar-refractivity contribution in [2.24, 2.45) is 0 Å². The van der Waals surface area contributed by atoms with E-state index in [2.05, 4.69) is 5.32 Å². The molecule has 0 saturated heterocycles. The number of aliphatic hydroxyl groups excluding tert-OH is 1. The third kappa shape index (κ3) is 4.41. The minimum absolute atomic E-state index is 0.0529. The van der Waals surface area contributed by atoms with Crippen molar-refractivity contribution in [3.63, 3.8) is 0 Å². The Bertz CT molecular complexity index is 571. The van der Waals surface area contributed by atoms with Crippen molar-refractivity contribution in [3.05, 3.63) is 71.8 Å². The van der Waals surface area contributed by atoms with Crippen molar-refractivity contribution >= 4 is 5.97 Å². The second-order valence-corrected chi connectivity index (χ2v) is 4.93. The standard InChI is InChI=1S/C18H21NO3/c1-2-22-16(20)13-19-17(14-9-5-3-6-10-14)18(21)15-11-7-4-8-12-15/h3-12,17-19,21H,2,13H2,1H3/t17-,18+/m1/s1. The molecule has 2 N–H and O–H groups in total. The number of hydrogen-bond donors (Lipinski definition) is 2. The summed E-state index contributed by atoms with van der Waals surface area (Å²) in [6.07, 6.45) is -0.752. The van der Waals surface area contributed by atoms with E-state index < -0.39 is 6.10 Å². The second kappa shape index (κ2) is 8.32. The van der Waals surface area contributed by atoms with Gasteiger partial charge in [-0.25, -0.2) is 0 Å². The van der Waals surface area contributed by atoms with Crippen LogP contribution in [0.2, 0.25) is 0 Å². The summed E-state index contributed by atoms with van der Waals surface area (Å²) in [6.45, 7) is 2.17. The van der Waals surface area contributed by atoms with Crippen molar-refractivity contribution in [3.8, 4) is 0 Å². The molecule has 116 valence electrons. The Kier molecular flexibility index (Phi) is 6.13. The van der Waals surface area contributed by atoms with E-state index in [9.17, 15) is 9.90 Å². The lowest BCUT2D eigenvalue weighted by Gasteiger charge is -2.24. The highest BCUT2D eigenvalue weighted by molar-refractivity contribution is 5.71. The van der Waals surface area contributed by atoms with E-state index in [1.54, 1.807) is 6.92 Å². The Hall–Kier alpha value is -2.17. The molecule has 4 heteroatoms. The fraction of sp³-hybridized carbons (Fsp3) is 0.278. The molecule has 0 aromatic heterocycles. The zero-order valence-corrected chi connectivity index (χ0v) is 12.6. The maximum atomic E-state index is 11.6. The highest BCUT2D eigenvalue weighted by Crippen LogP contribution is 2.28. The van der Waals surface area contributed by atoms with Gasteiger partial charge in [-0.3, -0.25) is 10.1 Å². The largest absolute Gasteiger partial charge is 0.465 e. The van der Waals surface area contributed by atoms with Gasteiger partial charge in [-0.2, -0.15) is 0 Å². The van der Waals surface area contributed by atoms with E-state index in [1.807, 2.05) is 60.7 Å². The van der Waals surface area contributed by atoms with Gasteiger partial charge in [0.15, 0.2) is 0 Å². The number of ether oxygens (including phenoxy) is 1. The smallest absolute Gasteiger partial charge is 0.319 e. The number of benzene rings is 2. The van der Waals surface area contributed by atoms with Gasteiger partial charge in [-0.1, -0.05) is 60.7 Å². The van der Waals surface area contributed by atoms with Crippen LogP contribution in [0.4, 0.5) is 0 Å². The predicted octanol–water partition coefficient (Wildman–Crippen LogP) is 2.61. The molecule has 2 aromatic carbocycles. The van der Waals surface area contributed by atoms with Gasteiger partial charge in [0.05, 0.1) is 25.3 Å². The van der Waals surface area contributed by atoms with Crippen molar-refractivity contribution in [1.29, 1.82) is 0 Å². The van der Waals surface area contributed by atoms with Crippen LogP contribution in [0.3, 0.4) is 0 Å². The number of aliphatic hydroxyl groups is 1. The molecule has 0 aliphatic rings. The first-order valence-corrected chi connectivity index (χ1v) is 7.39. The third-order valence-electron chi connectivity index (χ3n) is 3.39. The summed E-state index contributed by atoms with van der Waals surface area (Å²) < 4.78 is 4.93. The third-order valence-corrected chi connectivity index (χ3v) is 3.39. The highest BCUT2D eigenvalue weighted by atomic mass is 16.5. The topological polar surface area (TPSA) is 58.6 Å². The number of nitrogens with one attached hydrogen (secondary N) is 1. The quantitative estimate of drug-likeness (QED) is 0.772. The van der Waals surface area contributed by atoms with Gasteiger partial charge in [0.25, 0.3) is 0 Å². The monoisotopic (exact) mass is 299 g/mol. The first kappa shape index (κ1) is 16.2. The molecule has 0 radical (unpaired) electrons. The van der Waals surface area contributed by atoms with Gasteiger partial charge in [0.1, 0.15) is 0 Å². The molecule has 0 unspecified atom stereocenters. The molecule has 4 nitrogen and oxygen atoms in total. The van der Waals surface area contributed by atoms with Gasteiger partial charge in [0.2, 0.25) is 0 Å². The van der Waals surface area contributed by atoms with E-state index in [4.69, 9.17) is 4.74 Å². The molecule has 0 bridgehead atoms. The first-order valence-electron chi connectivity index (χ1n) is 7.39. The number of hydrogen-bond acceptors (Lipinski definition) is 4. The van der Waals surface area contributed by atoms with Crippen LogP contribution in [0.25, 0.3) is 0 Å². The fourth-order valence-electron chi connectivity index (χ4n) is 2.32. The van der Waals surface area contributed by atoms with Crippen LogP contribution in [0.5, 0.6) is 0 Å². The normalized spacial score (nSPS) is 13.4. The van der Waals surface area contributed by atoms with Gasteiger partial charge in [0, 0.05) is 0 Å². The maximum absolute atomic E-state index is 11.6. The molecule has 0 aliphatic heterocycles. The Labute approximate surface area is 130 Å². The summed E-state index contributed by atoms with van der Waals surface area (Å²) in [5, 5.41) is 13.8. The van der Waals surface area contributed by atoms with Gasteiger partial charge in [-0.15, -0.1) is 0 Å². The summed E-state index contributed by atoms with van der Waals surface area (Å²) in [5.74, 6) is -0.330. The van der Waals surface area contributed by atoms with Crippen molar-refractivity contribution in [1.82, 2.24) is 5.32 Å². The minimum atomic E-state index is -0.752. The Morgan fingerprint density at radius 1 is 1.05 bits per heavy atom. The molecule has 22 heavy (non-hydrogen) atoms. The van der Waals surface area contributed by atoms with Crippen LogP contribution in [0, 0.1) is 0 Å². The molecular formula is C18H21NO3. The SMILES string of the molecule is CCOC(=O)CN[C@H](c1ccccc1)[C@@H](O)c1ccccc1. The average Bonchev–Trinajstić information content (AvgIpc) is 2.57. The van der Waals surface area contributed by atoms with Crippen molar-refractivity contribution in [2.75, 3.05) is 13.2 Å². The van der Waals surface area contributed by atoms with Gasteiger partial charge in [-0.05, 0) is 18.1 Å². The van der Waals surface area contributed by atoms with Crippen LogP contribution < -0.4 is 5.32 Å². The molecular weight excluding hydrogens is 278 g/mol. The van der Waals surface area contributed by atoms with Crippen molar-refractivity contribution < 1.29 is 14.6 Å². The van der Waals surface area contributed by atoms with E-state index in [0.717, 1.165) is 11.1 Å². The summed E-state index contributed by atoms with van der Waals surface area (Å²) in [5.41, 5.74) is 1.72. The molecule has 0 spiro atoms. The van der Waals surface area contributed by atoms with Gasteiger partial charge >= 0.3 is 5.97 Å². The molecule has 0 saturated carbocycles. The van der Waals surface area contributed by atoms with E-state index in [0.29, 0.717) is 6.61 Å². The Morgan fingerprint density at radius 3 is 2.14 bits per heavy atom. The zero-order chi connectivity index (χ0) is 15.8. The lowest BCUT2D eigenvalue weighted by Crippen LogP contribution is -2.32. The number of rotatable bonds is 7. The Morgan fingerprint density at radius 2 is 1.59 bits per heavy atom. The van der Waals surface area contributed by atoms with Gasteiger partial charge < -0.3 is 9.84 Å². The summed E-state index contributed by atoms with van der Waals surface area (Å²) in [7, 11) is 0. The van der Waals surface area contributed by atoms with Crippen LogP contribution >= 0.6 is 0 Å². The van der Waals surface area contributed by atoms with Crippen LogP contribution in [0.15, 0.2) is 60.7 Å². The van der Waals surface area contributed by atoms with E-state index in [-0.39, 0.29) is 18.6 Å². The molecule has 0 aliphatic carbocycles. The summed E-state index contributed by atoms with van der Waals surface area (Å²) in [6, 6.07) is 18.6. The lowest BCUT2D eigenvalue weighted by molar-refractivity contribution is -0.142. The molecule has 2 atom stereocenters. The molecule has 0 heterocycles. The second-order valence-electron chi connectivity index (χ2n) is 4.93. The molecule has 0 fully saturated rings.